The number of nitrogens with zero attached hydrogens (tertiary/aromatic N) is 2. The minimum Gasteiger partial charge on any atom is -0.396 e. The third kappa shape index (κ3) is 5.05. The molecule has 3 aromatic rings. The van der Waals surface area contributed by atoms with E-state index in [0.717, 1.165) is 5.56 Å². The number of benzene rings is 3. The number of carbonyl (C=O) groups is 2. The Kier molecular flexibility index (Phi) is 7.53. The maximum absolute atomic E-state index is 15.7. The molecule has 5 rings (SSSR count). The van der Waals surface area contributed by atoms with Gasteiger partial charge in [-0.3, -0.25) is 19.7 Å². The summed E-state index contributed by atoms with van der Waals surface area (Å²) in [5.74, 6) is -1.27. The van der Waals surface area contributed by atoms with Crippen LogP contribution in [0.1, 0.15) is 34.8 Å². The number of fused-ring (bicyclic) bond motifs is 2. The number of rotatable bonds is 8. The van der Waals surface area contributed by atoms with Gasteiger partial charge in [0.25, 0.3) is 17.5 Å². The minimum absolute atomic E-state index is 0.139. The highest BCUT2D eigenvalue weighted by atomic mass is 28.4. The fourth-order valence-electron chi connectivity index (χ4n) is 6.37. The molecule has 0 radical (unpaired) electrons. The number of carbonyl (C=O) groups excluding carboxylic acids is 2. The van der Waals surface area contributed by atoms with Crippen LogP contribution < -0.4 is 10.2 Å². The van der Waals surface area contributed by atoms with Crippen molar-refractivity contribution in [3.8, 4) is 0 Å². The molecule has 0 aliphatic carbocycles. The molecular formula is C30H32FN3O6Si. The number of anilines is 2. The quantitative estimate of drug-likeness (QED) is 0.157. The predicted molar refractivity (Wildman–Crippen MR) is 155 cm³/mol. The zero-order valence-corrected chi connectivity index (χ0v) is 24.0. The lowest BCUT2D eigenvalue weighted by Crippen LogP contribution is -2.45. The van der Waals surface area contributed by atoms with E-state index < -0.39 is 42.4 Å². The summed E-state index contributed by atoms with van der Waals surface area (Å²) in [5.41, 5.74) is 0.288. The zero-order chi connectivity index (χ0) is 29.5. The number of hydrogen-bond donors (Lipinski definition) is 2. The highest BCUT2D eigenvalue weighted by Gasteiger charge is 2.66. The SMILES string of the molecule is C[C@@H]1[C@@H]([Si](C)(C)F)[C@H](CCO)O[C@@]12C(=O)N(Cc1ccc(NC(=O)c3ccccc3)cc1)c1ccc([N+](=O)[O-])cc12. The molecular weight excluding hydrogens is 545 g/mol. The summed E-state index contributed by atoms with van der Waals surface area (Å²) in [5, 5.41) is 24.2. The molecule has 1 spiro atoms. The van der Waals surface area contributed by atoms with E-state index in [1.807, 2.05) is 6.07 Å². The Hall–Kier alpha value is -3.93. The average Bonchev–Trinajstić information content (AvgIpc) is 3.36. The van der Waals surface area contributed by atoms with Crippen LogP contribution in [0.3, 0.4) is 0 Å². The van der Waals surface area contributed by atoms with Gasteiger partial charge in [-0.15, -0.1) is 0 Å². The van der Waals surface area contributed by atoms with Crippen molar-refractivity contribution in [3.05, 3.63) is 99.6 Å². The zero-order valence-electron chi connectivity index (χ0n) is 23.0. The number of hydrogen-bond acceptors (Lipinski definition) is 6. The van der Waals surface area contributed by atoms with Crippen LogP contribution in [-0.2, 0) is 21.7 Å². The number of nitro groups is 1. The molecule has 0 unspecified atom stereocenters. The molecule has 2 amide bonds. The van der Waals surface area contributed by atoms with Crippen molar-refractivity contribution >= 4 is 37.3 Å². The third-order valence-electron chi connectivity index (χ3n) is 8.16. The first-order chi connectivity index (χ1) is 19.5. The average molecular weight is 578 g/mol. The molecule has 2 heterocycles. The van der Waals surface area contributed by atoms with E-state index in [2.05, 4.69) is 5.32 Å². The van der Waals surface area contributed by atoms with Crippen molar-refractivity contribution in [2.24, 2.45) is 5.92 Å². The van der Waals surface area contributed by atoms with Gasteiger partial charge in [0.15, 0.2) is 5.60 Å². The molecule has 0 bridgehead atoms. The van der Waals surface area contributed by atoms with Crippen LogP contribution in [0.15, 0.2) is 72.8 Å². The van der Waals surface area contributed by atoms with Gasteiger partial charge in [0.2, 0.25) is 8.41 Å². The van der Waals surface area contributed by atoms with Crippen LogP contribution in [0.2, 0.25) is 18.6 Å². The lowest BCUT2D eigenvalue weighted by atomic mass is 9.82. The summed E-state index contributed by atoms with van der Waals surface area (Å²) in [6.45, 7) is 4.79. The molecule has 0 saturated carbocycles. The monoisotopic (exact) mass is 577 g/mol. The van der Waals surface area contributed by atoms with Gasteiger partial charge in [-0.05, 0) is 55.4 Å². The molecule has 2 N–H and O–H groups in total. The van der Waals surface area contributed by atoms with E-state index in [1.165, 1.54) is 23.1 Å². The number of aliphatic hydroxyl groups is 1. The van der Waals surface area contributed by atoms with Crippen LogP contribution in [-0.4, -0.2) is 43.0 Å². The van der Waals surface area contributed by atoms with Crippen molar-refractivity contribution in [3.63, 3.8) is 0 Å². The fourth-order valence-corrected chi connectivity index (χ4v) is 8.91. The Bertz CT molecular complexity index is 1480. The second kappa shape index (κ2) is 10.8. The standard InChI is InChI=1S/C30H32FN3O6Si/c1-19-27(41(2,3)31)26(15-16-35)40-30(19)24-17-23(34(38)39)13-14-25(24)33(29(30)37)18-20-9-11-22(12-10-20)32-28(36)21-7-5-4-6-8-21/h4-14,17,19,26-27,35H,15-16,18H2,1-3H3,(H,32,36)/t19-,26+,27-,30+/m1/s1. The van der Waals surface area contributed by atoms with Crippen molar-refractivity contribution < 1.29 is 28.5 Å². The van der Waals surface area contributed by atoms with Crippen LogP contribution in [0.25, 0.3) is 0 Å². The number of nitro benzene ring substituents is 1. The Balaban J connectivity index is 1.47. The van der Waals surface area contributed by atoms with Crippen LogP contribution >= 0.6 is 0 Å². The largest absolute Gasteiger partial charge is 0.396 e. The molecule has 1 fully saturated rings. The van der Waals surface area contributed by atoms with Crippen molar-refractivity contribution in [2.45, 2.75) is 50.2 Å². The molecule has 0 aromatic heterocycles. The smallest absolute Gasteiger partial charge is 0.269 e. The highest BCUT2D eigenvalue weighted by Crippen LogP contribution is 2.60. The van der Waals surface area contributed by atoms with Gasteiger partial charge in [0, 0.05) is 47.0 Å². The summed E-state index contributed by atoms with van der Waals surface area (Å²) in [6, 6.07) is 20.1. The van der Waals surface area contributed by atoms with Gasteiger partial charge in [-0.2, -0.15) is 0 Å². The van der Waals surface area contributed by atoms with Crippen LogP contribution in [0.4, 0.5) is 21.2 Å². The molecule has 1 saturated heterocycles. The van der Waals surface area contributed by atoms with E-state index in [9.17, 15) is 24.8 Å². The van der Waals surface area contributed by atoms with E-state index in [-0.39, 0.29) is 31.2 Å². The highest BCUT2D eigenvalue weighted by molar-refractivity contribution is 6.72. The van der Waals surface area contributed by atoms with Gasteiger partial charge in [0.05, 0.1) is 23.3 Å². The topological polar surface area (TPSA) is 122 Å². The molecule has 9 nitrogen and oxygen atoms in total. The number of aliphatic hydroxyl groups excluding tert-OH is 1. The van der Waals surface area contributed by atoms with Gasteiger partial charge in [-0.25, -0.2) is 0 Å². The number of non-ortho nitro benzene ring substituents is 1. The first-order valence-electron chi connectivity index (χ1n) is 13.5. The number of ether oxygens (including phenoxy) is 1. The van der Waals surface area contributed by atoms with Crippen molar-refractivity contribution in [1.82, 2.24) is 0 Å². The third-order valence-corrected chi connectivity index (χ3v) is 10.6. The second-order valence-corrected chi connectivity index (χ2v) is 14.9. The predicted octanol–water partition coefficient (Wildman–Crippen LogP) is 5.55. The number of nitrogens with one attached hydrogen (secondary N) is 1. The summed E-state index contributed by atoms with van der Waals surface area (Å²) in [4.78, 5) is 39.5. The summed E-state index contributed by atoms with van der Waals surface area (Å²) >= 11 is 0. The maximum atomic E-state index is 15.7. The van der Waals surface area contributed by atoms with Gasteiger partial charge < -0.3 is 24.2 Å². The van der Waals surface area contributed by atoms with Crippen LogP contribution in [0.5, 0.6) is 0 Å². The summed E-state index contributed by atoms with van der Waals surface area (Å²) in [6.07, 6.45) is -0.546. The van der Waals surface area contributed by atoms with Gasteiger partial charge in [0.1, 0.15) is 0 Å². The Morgan fingerprint density at radius 1 is 1.15 bits per heavy atom. The Labute approximate surface area is 238 Å². The van der Waals surface area contributed by atoms with E-state index in [0.29, 0.717) is 22.5 Å². The van der Waals surface area contributed by atoms with E-state index in [1.54, 1.807) is 68.5 Å². The van der Waals surface area contributed by atoms with Crippen molar-refractivity contribution in [2.75, 3.05) is 16.8 Å². The first-order valence-corrected chi connectivity index (χ1v) is 16.5. The molecule has 2 aliphatic heterocycles. The van der Waals surface area contributed by atoms with E-state index >= 15 is 4.11 Å². The number of halogens is 1. The molecule has 11 heteroatoms. The summed E-state index contributed by atoms with van der Waals surface area (Å²) < 4.78 is 22.1. The van der Waals surface area contributed by atoms with Crippen molar-refractivity contribution in [1.29, 1.82) is 0 Å². The molecule has 3 aromatic carbocycles. The van der Waals surface area contributed by atoms with Gasteiger partial charge in [-0.1, -0.05) is 37.3 Å². The second-order valence-electron chi connectivity index (χ2n) is 11.2. The molecule has 41 heavy (non-hydrogen) atoms. The Morgan fingerprint density at radius 2 is 1.83 bits per heavy atom. The lowest BCUT2D eigenvalue weighted by molar-refractivity contribution is -0.385. The van der Waals surface area contributed by atoms with E-state index in [4.69, 9.17) is 4.74 Å². The van der Waals surface area contributed by atoms with Crippen LogP contribution in [0, 0.1) is 16.0 Å². The van der Waals surface area contributed by atoms with Gasteiger partial charge >= 0.3 is 0 Å². The number of amides is 2. The molecule has 2 aliphatic rings. The lowest BCUT2D eigenvalue weighted by Gasteiger charge is -2.31. The maximum Gasteiger partial charge on any atom is 0.269 e. The summed E-state index contributed by atoms with van der Waals surface area (Å²) in [7, 11) is -3.38. The molecule has 214 valence electrons. The first kappa shape index (κ1) is 28.6. The molecule has 4 atom stereocenters. The Morgan fingerprint density at radius 3 is 2.44 bits per heavy atom. The normalized spacial score (nSPS) is 23.6. The fraction of sp³-hybridized carbons (Fsp3) is 0.333. The minimum atomic E-state index is -3.38.